The Morgan fingerprint density at radius 1 is 1.27 bits per heavy atom. The number of nitrogens with zero attached hydrogens (tertiary/aromatic N) is 3. The van der Waals surface area contributed by atoms with Gasteiger partial charge in [0.25, 0.3) is 0 Å². The first-order chi connectivity index (χ1) is 12.6. The summed E-state index contributed by atoms with van der Waals surface area (Å²) in [6.07, 6.45) is 3.83. The molecule has 0 bridgehead atoms. The van der Waals surface area contributed by atoms with Crippen molar-refractivity contribution >= 4 is 5.78 Å². The largest absolute Gasteiger partial charge is 0.481 e. The number of allylic oxidation sites excluding steroid dienone is 2. The SMILES string of the molecule is COc1nc(-c2ccccc2)nc2c1CCC1CC(=O)C(C#N)=CC21C. The number of nitriles is 1. The van der Waals surface area contributed by atoms with Gasteiger partial charge in [-0.2, -0.15) is 10.2 Å². The second-order valence-corrected chi connectivity index (χ2v) is 7.07. The average Bonchev–Trinajstić information content (AvgIpc) is 2.68. The number of ketones is 1. The lowest BCUT2D eigenvalue weighted by Crippen LogP contribution is -2.41. The van der Waals surface area contributed by atoms with E-state index in [-0.39, 0.29) is 17.3 Å². The molecule has 2 aliphatic rings. The molecule has 0 radical (unpaired) electrons. The van der Waals surface area contributed by atoms with Gasteiger partial charge in [0, 0.05) is 23.0 Å². The summed E-state index contributed by atoms with van der Waals surface area (Å²) in [6.45, 7) is 2.07. The fourth-order valence-corrected chi connectivity index (χ4v) is 4.14. The minimum absolute atomic E-state index is 0.0669. The van der Waals surface area contributed by atoms with Crippen molar-refractivity contribution in [3.8, 4) is 23.3 Å². The van der Waals surface area contributed by atoms with Crippen LogP contribution in [-0.2, 0) is 16.6 Å². The standard InChI is InChI=1S/C21H19N3O2/c1-21-11-14(12-22)17(25)10-15(21)8-9-16-18(21)23-19(24-20(16)26-2)13-6-4-3-5-7-13/h3-7,11,15H,8-10H2,1-2H3. The highest BCUT2D eigenvalue weighted by molar-refractivity contribution is 6.00. The molecule has 0 saturated carbocycles. The summed E-state index contributed by atoms with van der Waals surface area (Å²) in [5.74, 6) is 1.26. The fourth-order valence-electron chi connectivity index (χ4n) is 4.14. The van der Waals surface area contributed by atoms with Crippen LogP contribution in [0, 0.1) is 17.2 Å². The Bertz CT molecular complexity index is 959. The molecule has 0 amide bonds. The summed E-state index contributed by atoms with van der Waals surface area (Å²) >= 11 is 0. The molecular formula is C21H19N3O2. The smallest absolute Gasteiger partial charge is 0.220 e. The third kappa shape index (κ3) is 2.41. The van der Waals surface area contributed by atoms with Crippen LogP contribution in [0.4, 0.5) is 0 Å². The molecule has 130 valence electrons. The third-order valence-electron chi connectivity index (χ3n) is 5.59. The van der Waals surface area contributed by atoms with Crippen molar-refractivity contribution in [3.63, 3.8) is 0 Å². The molecule has 0 N–H and O–H groups in total. The van der Waals surface area contributed by atoms with Gasteiger partial charge in [0.2, 0.25) is 5.88 Å². The van der Waals surface area contributed by atoms with Gasteiger partial charge in [0.15, 0.2) is 11.6 Å². The highest BCUT2D eigenvalue weighted by atomic mass is 16.5. The van der Waals surface area contributed by atoms with Gasteiger partial charge < -0.3 is 4.74 Å². The zero-order chi connectivity index (χ0) is 18.3. The lowest BCUT2D eigenvalue weighted by atomic mass is 9.61. The number of aromatic nitrogens is 2. The Morgan fingerprint density at radius 2 is 2.04 bits per heavy atom. The predicted octanol–water partition coefficient (Wildman–Crippen LogP) is 3.40. The van der Waals surface area contributed by atoms with E-state index in [0.717, 1.165) is 29.7 Å². The number of carbonyl (C=O) groups excluding carboxylic acids is 1. The van der Waals surface area contributed by atoms with Gasteiger partial charge in [-0.25, -0.2) is 4.98 Å². The molecule has 2 aromatic rings. The first kappa shape index (κ1) is 16.5. The van der Waals surface area contributed by atoms with Gasteiger partial charge in [-0.05, 0) is 18.8 Å². The average molecular weight is 345 g/mol. The van der Waals surface area contributed by atoms with Gasteiger partial charge in [0.05, 0.1) is 18.4 Å². The molecule has 4 rings (SSSR count). The minimum atomic E-state index is -0.466. The first-order valence-corrected chi connectivity index (χ1v) is 8.73. The summed E-state index contributed by atoms with van der Waals surface area (Å²) in [6, 6.07) is 11.8. The van der Waals surface area contributed by atoms with Gasteiger partial charge in [-0.3, -0.25) is 4.79 Å². The van der Waals surface area contributed by atoms with Crippen LogP contribution in [0.2, 0.25) is 0 Å². The molecule has 5 nitrogen and oxygen atoms in total. The quantitative estimate of drug-likeness (QED) is 0.834. The third-order valence-corrected chi connectivity index (χ3v) is 5.59. The van der Waals surface area contributed by atoms with Crippen molar-refractivity contribution in [1.29, 1.82) is 5.26 Å². The van der Waals surface area contributed by atoms with E-state index < -0.39 is 5.41 Å². The number of hydrogen-bond acceptors (Lipinski definition) is 5. The maximum atomic E-state index is 12.2. The van der Waals surface area contributed by atoms with E-state index in [2.05, 4.69) is 18.0 Å². The number of fused-ring (bicyclic) bond motifs is 3. The number of ether oxygens (including phenoxy) is 1. The Morgan fingerprint density at radius 3 is 2.73 bits per heavy atom. The van der Waals surface area contributed by atoms with E-state index in [0.29, 0.717) is 18.1 Å². The van der Waals surface area contributed by atoms with Crippen LogP contribution < -0.4 is 4.74 Å². The topological polar surface area (TPSA) is 75.9 Å². The van der Waals surface area contributed by atoms with Gasteiger partial charge in [-0.15, -0.1) is 0 Å². The van der Waals surface area contributed by atoms with Crippen LogP contribution in [0.1, 0.15) is 31.0 Å². The molecule has 0 aliphatic heterocycles. The molecule has 2 aliphatic carbocycles. The van der Waals surface area contributed by atoms with E-state index in [4.69, 9.17) is 9.72 Å². The summed E-state index contributed by atoms with van der Waals surface area (Å²) < 4.78 is 5.57. The summed E-state index contributed by atoms with van der Waals surface area (Å²) in [4.78, 5) is 21.7. The van der Waals surface area contributed by atoms with Crippen LogP contribution >= 0.6 is 0 Å². The molecule has 2 atom stereocenters. The van der Waals surface area contributed by atoms with Crippen LogP contribution in [0.25, 0.3) is 11.4 Å². The second-order valence-electron chi connectivity index (χ2n) is 7.07. The first-order valence-electron chi connectivity index (χ1n) is 8.73. The monoisotopic (exact) mass is 345 g/mol. The van der Waals surface area contributed by atoms with Crippen molar-refractivity contribution in [3.05, 3.63) is 53.2 Å². The lowest BCUT2D eigenvalue weighted by Gasteiger charge is -2.42. The maximum absolute atomic E-state index is 12.2. The van der Waals surface area contributed by atoms with E-state index in [9.17, 15) is 10.1 Å². The molecule has 0 saturated heterocycles. The van der Waals surface area contributed by atoms with Crippen molar-refractivity contribution in [2.24, 2.45) is 5.92 Å². The van der Waals surface area contributed by atoms with Gasteiger partial charge in [-0.1, -0.05) is 43.3 Å². The van der Waals surface area contributed by atoms with Crippen molar-refractivity contribution in [2.75, 3.05) is 7.11 Å². The van der Waals surface area contributed by atoms with Crippen molar-refractivity contribution < 1.29 is 9.53 Å². The Labute approximate surface area is 152 Å². The Hall–Kier alpha value is -3.00. The minimum Gasteiger partial charge on any atom is -0.481 e. The molecule has 0 fully saturated rings. The summed E-state index contributed by atoms with van der Waals surface area (Å²) in [5.41, 5.74) is 2.53. The summed E-state index contributed by atoms with van der Waals surface area (Å²) in [5, 5.41) is 9.35. The van der Waals surface area contributed by atoms with Crippen molar-refractivity contribution in [2.45, 2.75) is 31.6 Å². The van der Waals surface area contributed by atoms with Crippen LogP contribution in [0.15, 0.2) is 42.0 Å². The highest BCUT2D eigenvalue weighted by Gasteiger charge is 2.46. The number of Topliss-reactive ketones (excluding diaryl/α,β-unsaturated/α-hetero) is 1. The normalized spacial score (nSPS) is 24.1. The zero-order valence-electron chi connectivity index (χ0n) is 14.8. The van der Waals surface area contributed by atoms with E-state index in [1.165, 1.54) is 0 Å². The van der Waals surface area contributed by atoms with Crippen LogP contribution in [0.3, 0.4) is 0 Å². The lowest BCUT2D eigenvalue weighted by molar-refractivity contribution is -0.117. The molecule has 5 heteroatoms. The molecule has 1 aromatic carbocycles. The zero-order valence-corrected chi connectivity index (χ0v) is 14.8. The number of hydrogen-bond donors (Lipinski definition) is 0. The number of methoxy groups -OCH3 is 1. The molecule has 2 unspecified atom stereocenters. The predicted molar refractivity (Wildman–Crippen MR) is 96.5 cm³/mol. The highest BCUT2D eigenvalue weighted by Crippen LogP contribution is 2.48. The van der Waals surface area contributed by atoms with E-state index in [1.807, 2.05) is 36.4 Å². The van der Waals surface area contributed by atoms with Crippen LogP contribution in [0.5, 0.6) is 5.88 Å². The molecule has 1 heterocycles. The number of carbonyl (C=O) groups is 1. The molecule has 0 spiro atoms. The van der Waals surface area contributed by atoms with E-state index in [1.54, 1.807) is 7.11 Å². The molecular weight excluding hydrogens is 326 g/mol. The molecule has 1 aromatic heterocycles. The van der Waals surface area contributed by atoms with Crippen molar-refractivity contribution in [1.82, 2.24) is 9.97 Å². The van der Waals surface area contributed by atoms with Gasteiger partial charge in [0.1, 0.15) is 6.07 Å². The Kier molecular flexibility index (Phi) is 3.84. The van der Waals surface area contributed by atoms with E-state index >= 15 is 0 Å². The summed E-state index contributed by atoms with van der Waals surface area (Å²) in [7, 11) is 1.62. The van der Waals surface area contributed by atoms with Crippen LogP contribution in [-0.4, -0.2) is 22.9 Å². The number of benzene rings is 1. The maximum Gasteiger partial charge on any atom is 0.220 e. The number of rotatable bonds is 2. The second kappa shape index (κ2) is 6.06. The molecule has 26 heavy (non-hydrogen) atoms. The fraction of sp³-hybridized carbons (Fsp3) is 0.333. The Balaban J connectivity index is 1.96. The van der Waals surface area contributed by atoms with Gasteiger partial charge >= 0.3 is 0 Å².